The predicted octanol–water partition coefficient (Wildman–Crippen LogP) is 4.68. The highest BCUT2D eigenvalue weighted by molar-refractivity contribution is 5.82. The molecular formula is C22H24N2O. The Balaban J connectivity index is 1.89. The van der Waals surface area contributed by atoms with E-state index in [0.29, 0.717) is 6.42 Å². The second-order valence-electron chi connectivity index (χ2n) is 7.39. The van der Waals surface area contributed by atoms with Crippen LogP contribution < -0.4 is 5.32 Å². The fraction of sp³-hybridized carbons (Fsp3) is 0.273. The van der Waals surface area contributed by atoms with Crippen molar-refractivity contribution in [2.24, 2.45) is 5.41 Å². The van der Waals surface area contributed by atoms with Crippen molar-refractivity contribution in [2.75, 3.05) is 0 Å². The number of carbonyl (C=O) groups is 1. The first-order valence-corrected chi connectivity index (χ1v) is 8.64. The lowest BCUT2D eigenvalue weighted by atomic mass is 9.93. The van der Waals surface area contributed by atoms with Crippen molar-refractivity contribution in [3.63, 3.8) is 0 Å². The summed E-state index contributed by atoms with van der Waals surface area (Å²) < 4.78 is 0. The van der Waals surface area contributed by atoms with Gasteiger partial charge < -0.3 is 5.32 Å². The van der Waals surface area contributed by atoms with Crippen LogP contribution in [0, 0.1) is 5.41 Å². The van der Waals surface area contributed by atoms with Gasteiger partial charge in [0.05, 0.1) is 11.6 Å². The molecule has 0 aliphatic carbocycles. The molecule has 2 aromatic carbocycles. The minimum atomic E-state index is -0.427. The first-order chi connectivity index (χ1) is 11.9. The maximum absolute atomic E-state index is 12.5. The van der Waals surface area contributed by atoms with Gasteiger partial charge in [-0.1, -0.05) is 75.4 Å². The van der Waals surface area contributed by atoms with E-state index in [-0.39, 0.29) is 11.9 Å². The van der Waals surface area contributed by atoms with E-state index in [4.69, 9.17) is 4.98 Å². The monoisotopic (exact) mass is 332 g/mol. The molecule has 3 rings (SSSR count). The van der Waals surface area contributed by atoms with E-state index in [9.17, 15) is 4.79 Å². The Morgan fingerprint density at radius 3 is 2.36 bits per heavy atom. The third-order valence-electron chi connectivity index (χ3n) is 4.26. The Morgan fingerprint density at radius 2 is 1.64 bits per heavy atom. The van der Waals surface area contributed by atoms with Gasteiger partial charge in [0.25, 0.3) is 0 Å². The van der Waals surface area contributed by atoms with Crippen molar-refractivity contribution in [1.29, 1.82) is 0 Å². The third-order valence-corrected chi connectivity index (χ3v) is 4.26. The van der Waals surface area contributed by atoms with E-state index in [1.54, 1.807) is 0 Å². The van der Waals surface area contributed by atoms with E-state index in [2.05, 4.69) is 29.6 Å². The molecule has 1 heterocycles. The number of aromatic nitrogens is 1. The quantitative estimate of drug-likeness (QED) is 0.753. The summed E-state index contributed by atoms with van der Waals surface area (Å²) in [5.41, 5.74) is 2.62. The fourth-order valence-electron chi connectivity index (χ4n) is 2.74. The molecule has 3 aromatic rings. The number of para-hydroxylation sites is 1. The van der Waals surface area contributed by atoms with Gasteiger partial charge in [-0.25, -0.2) is 0 Å². The summed E-state index contributed by atoms with van der Waals surface area (Å²) in [6.07, 6.45) is 0.663. The minimum Gasteiger partial charge on any atom is -0.348 e. The molecule has 3 nitrogen and oxygen atoms in total. The first-order valence-electron chi connectivity index (χ1n) is 8.64. The second kappa shape index (κ2) is 7.06. The molecule has 25 heavy (non-hydrogen) atoms. The van der Waals surface area contributed by atoms with Crippen LogP contribution in [0.3, 0.4) is 0 Å². The highest BCUT2D eigenvalue weighted by atomic mass is 16.2. The summed E-state index contributed by atoms with van der Waals surface area (Å²) in [5.74, 6) is 0.0437. The van der Waals surface area contributed by atoms with E-state index >= 15 is 0 Å². The van der Waals surface area contributed by atoms with Gasteiger partial charge in [-0.2, -0.15) is 0 Å². The summed E-state index contributed by atoms with van der Waals surface area (Å²) in [6, 6.07) is 22.2. The molecule has 0 aliphatic heterocycles. The zero-order chi connectivity index (χ0) is 17.9. The molecule has 0 spiro atoms. The summed E-state index contributed by atoms with van der Waals surface area (Å²) in [4.78, 5) is 17.3. The summed E-state index contributed by atoms with van der Waals surface area (Å²) >= 11 is 0. The maximum atomic E-state index is 12.5. The SMILES string of the molecule is CC(C)(C)C(=O)NC(Cc1ccc2ccccc2n1)c1ccccc1. The molecular weight excluding hydrogens is 308 g/mol. The molecule has 3 heteroatoms. The van der Waals surface area contributed by atoms with Crippen LogP contribution in [0.5, 0.6) is 0 Å². The zero-order valence-electron chi connectivity index (χ0n) is 15.0. The number of nitrogens with one attached hydrogen (secondary N) is 1. The van der Waals surface area contributed by atoms with Gasteiger partial charge in [0.1, 0.15) is 0 Å². The first kappa shape index (κ1) is 17.2. The van der Waals surface area contributed by atoms with Crippen LogP contribution in [0.2, 0.25) is 0 Å². The largest absolute Gasteiger partial charge is 0.348 e. The number of nitrogens with zero attached hydrogens (tertiary/aromatic N) is 1. The average Bonchev–Trinajstić information content (AvgIpc) is 2.61. The lowest BCUT2D eigenvalue weighted by molar-refractivity contribution is -0.129. The topological polar surface area (TPSA) is 42.0 Å². The Morgan fingerprint density at radius 1 is 0.960 bits per heavy atom. The van der Waals surface area contributed by atoms with E-state index in [1.807, 2.05) is 63.2 Å². The van der Waals surface area contributed by atoms with Crippen molar-refractivity contribution >= 4 is 16.8 Å². The molecule has 1 atom stereocenters. The van der Waals surface area contributed by atoms with Crippen LogP contribution >= 0.6 is 0 Å². The Bertz CT molecular complexity index is 866. The summed E-state index contributed by atoms with van der Waals surface area (Å²) in [6.45, 7) is 5.79. The number of hydrogen-bond donors (Lipinski definition) is 1. The van der Waals surface area contributed by atoms with Gasteiger partial charge in [0.2, 0.25) is 5.91 Å². The Kier molecular flexibility index (Phi) is 4.84. The summed E-state index contributed by atoms with van der Waals surface area (Å²) in [5, 5.41) is 4.32. The average molecular weight is 332 g/mol. The molecule has 0 aliphatic rings. The molecule has 0 saturated carbocycles. The lowest BCUT2D eigenvalue weighted by Gasteiger charge is -2.24. The third kappa shape index (κ3) is 4.24. The maximum Gasteiger partial charge on any atom is 0.225 e. The van der Waals surface area contributed by atoms with Crippen molar-refractivity contribution < 1.29 is 4.79 Å². The van der Waals surface area contributed by atoms with Crippen LogP contribution in [0.4, 0.5) is 0 Å². The van der Waals surface area contributed by atoms with Gasteiger partial charge in [-0.3, -0.25) is 9.78 Å². The molecule has 0 fully saturated rings. The lowest BCUT2D eigenvalue weighted by Crippen LogP contribution is -2.38. The van der Waals surface area contributed by atoms with Crippen LogP contribution in [0.15, 0.2) is 66.7 Å². The number of fused-ring (bicyclic) bond motifs is 1. The summed E-state index contributed by atoms with van der Waals surface area (Å²) in [7, 11) is 0. The van der Waals surface area contributed by atoms with Gasteiger partial charge in [-0.05, 0) is 17.7 Å². The number of rotatable bonds is 4. The number of pyridine rings is 1. The predicted molar refractivity (Wildman–Crippen MR) is 102 cm³/mol. The molecule has 1 amide bonds. The minimum absolute atomic E-state index is 0.0437. The van der Waals surface area contributed by atoms with Crippen LogP contribution in [-0.2, 0) is 11.2 Å². The molecule has 0 radical (unpaired) electrons. The number of hydrogen-bond acceptors (Lipinski definition) is 2. The number of amides is 1. The fourth-order valence-corrected chi connectivity index (χ4v) is 2.74. The van der Waals surface area contributed by atoms with Crippen molar-refractivity contribution in [3.05, 3.63) is 78.0 Å². The molecule has 1 N–H and O–H groups in total. The molecule has 128 valence electrons. The highest BCUT2D eigenvalue weighted by Gasteiger charge is 2.25. The molecule has 1 aromatic heterocycles. The van der Waals surface area contributed by atoms with Gasteiger partial charge >= 0.3 is 0 Å². The Labute approximate surface area is 149 Å². The van der Waals surface area contributed by atoms with Gasteiger partial charge in [-0.15, -0.1) is 0 Å². The van der Waals surface area contributed by atoms with Crippen molar-refractivity contribution in [2.45, 2.75) is 33.2 Å². The molecule has 1 unspecified atom stereocenters. The second-order valence-corrected chi connectivity index (χ2v) is 7.39. The van der Waals surface area contributed by atoms with Gasteiger partial charge in [0.15, 0.2) is 0 Å². The van der Waals surface area contributed by atoms with E-state index < -0.39 is 5.41 Å². The molecule has 0 saturated heterocycles. The number of benzene rings is 2. The van der Waals surface area contributed by atoms with E-state index in [0.717, 1.165) is 22.2 Å². The van der Waals surface area contributed by atoms with E-state index in [1.165, 1.54) is 0 Å². The van der Waals surface area contributed by atoms with Crippen LogP contribution in [0.25, 0.3) is 10.9 Å². The normalized spacial score (nSPS) is 12.8. The molecule has 0 bridgehead atoms. The van der Waals surface area contributed by atoms with Crippen molar-refractivity contribution in [3.8, 4) is 0 Å². The smallest absolute Gasteiger partial charge is 0.225 e. The van der Waals surface area contributed by atoms with Crippen LogP contribution in [-0.4, -0.2) is 10.9 Å². The standard InChI is InChI=1S/C22H24N2O/c1-22(2,3)21(25)24-20(16-9-5-4-6-10-16)15-18-14-13-17-11-7-8-12-19(17)23-18/h4-14,20H,15H2,1-3H3,(H,24,25). The zero-order valence-corrected chi connectivity index (χ0v) is 15.0. The Hall–Kier alpha value is -2.68. The van der Waals surface area contributed by atoms with Crippen LogP contribution in [0.1, 0.15) is 38.1 Å². The van der Waals surface area contributed by atoms with Crippen molar-refractivity contribution in [1.82, 2.24) is 10.3 Å². The van der Waals surface area contributed by atoms with Gasteiger partial charge in [0, 0.05) is 22.9 Å². The number of carbonyl (C=O) groups excluding carboxylic acids is 1. The highest BCUT2D eigenvalue weighted by Crippen LogP contribution is 2.22.